The highest BCUT2D eigenvalue weighted by Crippen LogP contribution is 2.24. The maximum Gasteiger partial charge on any atom is 0.410 e. The minimum atomic E-state index is -3.84. The normalized spacial score (nSPS) is 19.1. The van der Waals surface area contributed by atoms with Crippen LogP contribution < -0.4 is 0 Å². The Morgan fingerprint density at radius 1 is 1.30 bits per heavy atom. The van der Waals surface area contributed by atoms with Crippen molar-refractivity contribution in [3.8, 4) is 0 Å². The van der Waals surface area contributed by atoms with E-state index < -0.39 is 27.9 Å². The van der Waals surface area contributed by atoms with E-state index in [-0.39, 0.29) is 23.8 Å². The number of hydrogen-bond acceptors (Lipinski definition) is 6. The highest BCUT2D eigenvalue weighted by atomic mass is 32.2. The summed E-state index contributed by atoms with van der Waals surface area (Å²) in [6.45, 7) is 8.08. The Labute approximate surface area is 161 Å². The topological polar surface area (TPSA) is 93.1 Å². The van der Waals surface area contributed by atoms with Crippen molar-refractivity contribution in [1.29, 1.82) is 0 Å². The van der Waals surface area contributed by atoms with E-state index in [1.807, 2.05) is 6.92 Å². The van der Waals surface area contributed by atoms with Crippen LogP contribution in [0.4, 0.5) is 4.79 Å². The first-order valence-electron chi connectivity index (χ1n) is 9.10. The number of ether oxygens (including phenoxy) is 1. The zero-order valence-electron chi connectivity index (χ0n) is 16.3. The minimum absolute atomic E-state index is 0.0968. The van der Waals surface area contributed by atoms with Gasteiger partial charge in [-0.1, -0.05) is 17.7 Å². The lowest BCUT2D eigenvalue weighted by atomic mass is 9.99. The van der Waals surface area contributed by atoms with E-state index in [1.54, 1.807) is 37.8 Å². The summed E-state index contributed by atoms with van der Waals surface area (Å²) in [5, 5.41) is 10.3. The molecule has 8 heteroatoms. The molecule has 7 nitrogen and oxygen atoms in total. The fourth-order valence-corrected chi connectivity index (χ4v) is 3.80. The first-order valence-corrected chi connectivity index (χ1v) is 10.5. The van der Waals surface area contributed by atoms with Gasteiger partial charge in [-0.15, -0.1) is 0 Å². The summed E-state index contributed by atoms with van der Waals surface area (Å²) in [5.41, 5.74) is 0.395. The van der Waals surface area contributed by atoms with Gasteiger partial charge in [0.1, 0.15) is 5.60 Å². The lowest BCUT2D eigenvalue weighted by molar-refractivity contribution is 0.0263. The Bertz CT molecular complexity index is 738. The summed E-state index contributed by atoms with van der Waals surface area (Å²) in [4.78, 5) is 13.7. The van der Waals surface area contributed by atoms with Gasteiger partial charge in [-0.25, -0.2) is 4.79 Å². The number of carbonyl (C=O) groups is 1. The van der Waals surface area contributed by atoms with Gasteiger partial charge in [-0.05, 0) is 52.7 Å². The van der Waals surface area contributed by atoms with Crippen molar-refractivity contribution in [2.45, 2.75) is 57.1 Å². The van der Waals surface area contributed by atoms with Crippen LogP contribution in [-0.2, 0) is 19.0 Å². The van der Waals surface area contributed by atoms with Crippen LogP contribution in [0.2, 0.25) is 0 Å². The van der Waals surface area contributed by atoms with E-state index in [0.717, 1.165) is 5.56 Å². The molecule has 0 bridgehead atoms. The maximum absolute atomic E-state index is 12.1. The number of benzene rings is 1. The summed E-state index contributed by atoms with van der Waals surface area (Å²) < 4.78 is 34.7. The van der Waals surface area contributed by atoms with Crippen molar-refractivity contribution in [2.24, 2.45) is 5.92 Å². The highest BCUT2D eigenvalue weighted by molar-refractivity contribution is 7.86. The lowest BCUT2D eigenvalue weighted by Gasteiger charge is -2.25. The fourth-order valence-electron chi connectivity index (χ4n) is 2.88. The molecule has 1 amide bonds. The van der Waals surface area contributed by atoms with E-state index >= 15 is 0 Å². The monoisotopic (exact) mass is 399 g/mol. The first kappa shape index (κ1) is 21.7. The molecule has 0 aliphatic carbocycles. The summed E-state index contributed by atoms with van der Waals surface area (Å²) in [5.74, 6) is -0.122. The number of rotatable bonds is 6. The molecule has 1 N–H and O–H groups in total. The quantitative estimate of drug-likeness (QED) is 0.740. The van der Waals surface area contributed by atoms with Crippen molar-refractivity contribution in [2.75, 3.05) is 19.7 Å². The predicted molar refractivity (Wildman–Crippen MR) is 101 cm³/mol. The van der Waals surface area contributed by atoms with Crippen molar-refractivity contribution in [1.82, 2.24) is 4.90 Å². The van der Waals surface area contributed by atoms with Crippen LogP contribution in [0.25, 0.3) is 0 Å². The Morgan fingerprint density at radius 3 is 2.52 bits per heavy atom. The van der Waals surface area contributed by atoms with Gasteiger partial charge in [-0.2, -0.15) is 8.42 Å². The third-order valence-electron chi connectivity index (χ3n) is 4.38. The summed E-state index contributed by atoms with van der Waals surface area (Å²) >= 11 is 0. The van der Waals surface area contributed by atoms with Crippen LogP contribution in [0.15, 0.2) is 29.2 Å². The van der Waals surface area contributed by atoms with E-state index in [1.165, 1.54) is 12.1 Å². The highest BCUT2D eigenvalue weighted by Gasteiger charge is 2.33. The molecule has 2 atom stereocenters. The Balaban J connectivity index is 1.80. The molecule has 0 aromatic heterocycles. The molecular weight excluding hydrogens is 370 g/mol. The lowest BCUT2D eigenvalue weighted by Crippen LogP contribution is -2.36. The third-order valence-corrected chi connectivity index (χ3v) is 5.71. The Morgan fingerprint density at radius 2 is 1.93 bits per heavy atom. The number of aliphatic hydroxyl groups is 1. The molecule has 2 rings (SSSR count). The fraction of sp³-hybridized carbons (Fsp3) is 0.632. The van der Waals surface area contributed by atoms with Crippen LogP contribution in [0, 0.1) is 12.8 Å². The summed E-state index contributed by atoms with van der Waals surface area (Å²) in [7, 11) is -3.84. The molecular formula is C19H29NO6S. The second kappa shape index (κ2) is 8.58. The maximum atomic E-state index is 12.1. The van der Waals surface area contributed by atoms with Crippen LogP contribution in [0.5, 0.6) is 0 Å². The standard InChI is InChI=1S/C19H29NO6S/c1-14-5-7-16(8-6-14)27(23,24)25-12-10-17(21)15-9-11-20(13-15)18(22)26-19(2,3)4/h5-8,15,17,21H,9-13H2,1-4H3/t15-,17+/m0/s1. The van der Waals surface area contributed by atoms with E-state index in [9.17, 15) is 18.3 Å². The molecule has 1 heterocycles. The zero-order valence-corrected chi connectivity index (χ0v) is 17.2. The van der Waals surface area contributed by atoms with E-state index in [2.05, 4.69) is 0 Å². The zero-order chi connectivity index (χ0) is 20.2. The minimum Gasteiger partial charge on any atom is -0.444 e. The van der Waals surface area contributed by atoms with Crippen molar-refractivity contribution < 1.29 is 27.2 Å². The molecule has 0 saturated carbocycles. The molecule has 1 saturated heterocycles. The van der Waals surface area contributed by atoms with Gasteiger partial charge in [-0.3, -0.25) is 4.18 Å². The van der Waals surface area contributed by atoms with Gasteiger partial charge in [0, 0.05) is 19.0 Å². The molecule has 0 radical (unpaired) electrons. The van der Waals surface area contributed by atoms with Gasteiger partial charge < -0.3 is 14.7 Å². The number of likely N-dealkylation sites (tertiary alicyclic amines) is 1. The van der Waals surface area contributed by atoms with Crippen molar-refractivity contribution in [3.05, 3.63) is 29.8 Å². The average Bonchev–Trinajstić information content (AvgIpc) is 3.03. The number of amides is 1. The first-order chi connectivity index (χ1) is 12.5. The third kappa shape index (κ3) is 6.48. The SMILES string of the molecule is Cc1ccc(S(=O)(=O)OCC[C@@H](O)[C@H]2CCN(C(=O)OC(C)(C)C)C2)cc1. The molecule has 1 aromatic rings. The van der Waals surface area contributed by atoms with Crippen molar-refractivity contribution in [3.63, 3.8) is 0 Å². The van der Waals surface area contributed by atoms with Gasteiger partial charge in [0.25, 0.3) is 10.1 Å². The van der Waals surface area contributed by atoms with Crippen LogP contribution >= 0.6 is 0 Å². The van der Waals surface area contributed by atoms with Crippen LogP contribution in [0.3, 0.4) is 0 Å². The number of carbonyl (C=O) groups excluding carboxylic acids is 1. The van der Waals surface area contributed by atoms with Gasteiger partial charge in [0.05, 0.1) is 17.6 Å². The van der Waals surface area contributed by atoms with Crippen LogP contribution in [0.1, 0.15) is 39.2 Å². The second-order valence-electron chi connectivity index (χ2n) is 7.92. The molecule has 1 fully saturated rings. The number of aryl methyl sites for hydroxylation is 1. The number of hydrogen-bond donors (Lipinski definition) is 1. The average molecular weight is 400 g/mol. The summed E-state index contributed by atoms with van der Waals surface area (Å²) in [6.07, 6.45) is -0.315. The van der Waals surface area contributed by atoms with Gasteiger partial charge in [0.2, 0.25) is 0 Å². The second-order valence-corrected chi connectivity index (χ2v) is 9.54. The van der Waals surface area contributed by atoms with E-state index in [0.29, 0.717) is 19.5 Å². The number of aliphatic hydroxyl groups excluding tert-OH is 1. The smallest absolute Gasteiger partial charge is 0.410 e. The largest absolute Gasteiger partial charge is 0.444 e. The predicted octanol–water partition coefficient (Wildman–Crippen LogP) is 2.71. The molecule has 152 valence electrons. The molecule has 1 aliphatic heterocycles. The molecule has 27 heavy (non-hydrogen) atoms. The molecule has 1 aliphatic rings. The van der Waals surface area contributed by atoms with Gasteiger partial charge in [0.15, 0.2) is 0 Å². The van der Waals surface area contributed by atoms with Crippen LogP contribution in [-0.4, -0.2) is 55.9 Å². The molecule has 0 unspecified atom stereocenters. The summed E-state index contributed by atoms with van der Waals surface area (Å²) in [6, 6.07) is 6.40. The van der Waals surface area contributed by atoms with Crippen molar-refractivity contribution >= 4 is 16.2 Å². The Kier molecular flexibility index (Phi) is 6.88. The Hall–Kier alpha value is -1.64. The van der Waals surface area contributed by atoms with Gasteiger partial charge >= 0.3 is 6.09 Å². The molecule has 0 spiro atoms. The number of nitrogens with zero attached hydrogens (tertiary/aromatic N) is 1. The molecule has 1 aromatic carbocycles. The van der Waals surface area contributed by atoms with E-state index in [4.69, 9.17) is 8.92 Å².